The van der Waals surface area contributed by atoms with Gasteiger partial charge in [0.1, 0.15) is 5.58 Å². The minimum Gasteiger partial charge on any atom is -0.463 e. The first-order valence-corrected chi connectivity index (χ1v) is 3.88. The van der Waals surface area contributed by atoms with E-state index in [0.717, 1.165) is 5.58 Å². The van der Waals surface area contributed by atoms with Gasteiger partial charge < -0.3 is 10.2 Å². The highest BCUT2D eigenvalue weighted by atomic mass is 32.1. The van der Waals surface area contributed by atoms with Gasteiger partial charge >= 0.3 is 0 Å². The van der Waals surface area contributed by atoms with Crippen molar-refractivity contribution in [2.75, 3.05) is 0 Å². The lowest BCUT2D eigenvalue weighted by Gasteiger charge is -1.80. The van der Waals surface area contributed by atoms with Gasteiger partial charge in [0.15, 0.2) is 0 Å². The van der Waals surface area contributed by atoms with Crippen LogP contribution in [0.2, 0.25) is 0 Å². The quantitative estimate of drug-likeness (QED) is 0.680. The van der Waals surface area contributed by atoms with Crippen molar-refractivity contribution in [3.05, 3.63) is 23.3 Å². The Bertz CT molecular complexity index is 307. The summed E-state index contributed by atoms with van der Waals surface area (Å²) in [4.78, 5) is 1.18. The second kappa shape index (κ2) is 2.11. The molecule has 2 nitrogen and oxygen atoms in total. The Kier molecular flexibility index (Phi) is 1.25. The van der Waals surface area contributed by atoms with E-state index in [9.17, 15) is 0 Å². The molecule has 0 aromatic carbocycles. The molecule has 0 spiro atoms. The van der Waals surface area contributed by atoms with Crippen LogP contribution in [0.1, 0.15) is 4.88 Å². The standard InChI is InChI=1S/C7H7NOS/c8-4-5-3-6-7(10-5)1-2-9-6/h1-3H,4,8H2. The molecule has 0 aliphatic carbocycles. The Morgan fingerprint density at radius 3 is 3.20 bits per heavy atom. The second-order valence-electron chi connectivity index (χ2n) is 2.07. The van der Waals surface area contributed by atoms with Gasteiger partial charge in [0.2, 0.25) is 0 Å². The van der Waals surface area contributed by atoms with Gasteiger partial charge in [-0.25, -0.2) is 0 Å². The van der Waals surface area contributed by atoms with E-state index in [-0.39, 0.29) is 0 Å². The number of thiophene rings is 1. The molecule has 0 atom stereocenters. The van der Waals surface area contributed by atoms with Gasteiger partial charge in [0, 0.05) is 11.4 Å². The van der Waals surface area contributed by atoms with Crippen molar-refractivity contribution in [3.8, 4) is 0 Å². The summed E-state index contributed by atoms with van der Waals surface area (Å²) >= 11 is 1.69. The van der Waals surface area contributed by atoms with Crippen LogP contribution in [0.25, 0.3) is 10.3 Å². The molecule has 2 heterocycles. The minimum absolute atomic E-state index is 0.606. The molecular formula is C7H7NOS. The van der Waals surface area contributed by atoms with Crippen molar-refractivity contribution in [3.63, 3.8) is 0 Å². The SMILES string of the molecule is NCc1cc2occc2s1. The maximum atomic E-state index is 5.44. The van der Waals surface area contributed by atoms with Crippen LogP contribution in [0.3, 0.4) is 0 Å². The fraction of sp³-hybridized carbons (Fsp3) is 0.143. The third kappa shape index (κ3) is 0.751. The van der Waals surface area contributed by atoms with Crippen LogP contribution in [0.4, 0.5) is 0 Å². The zero-order valence-electron chi connectivity index (χ0n) is 5.33. The summed E-state index contributed by atoms with van der Waals surface area (Å²) in [6.45, 7) is 0.606. The Balaban J connectivity index is 2.67. The lowest BCUT2D eigenvalue weighted by Crippen LogP contribution is -1.91. The molecule has 0 saturated carbocycles. The number of furan rings is 1. The zero-order valence-corrected chi connectivity index (χ0v) is 6.15. The Morgan fingerprint density at radius 2 is 2.50 bits per heavy atom. The van der Waals surface area contributed by atoms with Gasteiger partial charge in [-0.15, -0.1) is 11.3 Å². The van der Waals surface area contributed by atoms with Crippen molar-refractivity contribution in [2.45, 2.75) is 6.54 Å². The molecule has 0 saturated heterocycles. The normalized spacial score (nSPS) is 10.9. The highest BCUT2D eigenvalue weighted by Crippen LogP contribution is 2.25. The molecule has 2 rings (SSSR count). The van der Waals surface area contributed by atoms with Gasteiger partial charge in [0.05, 0.1) is 11.0 Å². The van der Waals surface area contributed by atoms with Gasteiger partial charge in [-0.1, -0.05) is 0 Å². The van der Waals surface area contributed by atoms with Crippen molar-refractivity contribution in [1.82, 2.24) is 0 Å². The van der Waals surface area contributed by atoms with Crippen LogP contribution in [0, 0.1) is 0 Å². The van der Waals surface area contributed by atoms with Crippen LogP contribution in [0.15, 0.2) is 22.8 Å². The summed E-state index contributed by atoms with van der Waals surface area (Å²) in [6.07, 6.45) is 1.70. The van der Waals surface area contributed by atoms with E-state index >= 15 is 0 Å². The highest BCUT2D eigenvalue weighted by Gasteiger charge is 2.00. The molecule has 0 amide bonds. The second-order valence-corrected chi connectivity index (χ2v) is 3.23. The lowest BCUT2D eigenvalue weighted by molar-refractivity contribution is 0.616. The summed E-state index contributed by atoms with van der Waals surface area (Å²) in [7, 11) is 0. The average Bonchev–Trinajstić information content (AvgIpc) is 2.42. The minimum atomic E-state index is 0.606. The van der Waals surface area contributed by atoms with E-state index in [2.05, 4.69) is 0 Å². The monoisotopic (exact) mass is 153 g/mol. The molecule has 0 bridgehead atoms. The predicted octanol–water partition coefficient (Wildman–Crippen LogP) is 1.95. The Hall–Kier alpha value is -0.800. The summed E-state index contributed by atoms with van der Waals surface area (Å²) in [6, 6.07) is 3.94. The molecule has 0 aliphatic heterocycles. The molecule has 0 radical (unpaired) electrons. The molecule has 0 unspecified atom stereocenters. The molecule has 0 fully saturated rings. The fourth-order valence-corrected chi connectivity index (χ4v) is 1.78. The third-order valence-electron chi connectivity index (χ3n) is 1.39. The molecule has 52 valence electrons. The third-order valence-corrected chi connectivity index (χ3v) is 2.50. The molecule has 2 N–H and O–H groups in total. The predicted molar refractivity (Wildman–Crippen MR) is 42.0 cm³/mol. The maximum Gasteiger partial charge on any atom is 0.144 e. The van der Waals surface area contributed by atoms with E-state index < -0.39 is 0 Å². The molecule has 2 aromatic rings. The first-order valence-electron chi connectivity index (χ1n) is 3.06. The van der Waals surface area contributed by atoms with Gasteiger partial charge in [0.25, 0.3) is 0 Å². The van der Waals surface area contributed by atoms with Crippen molar-refractivity contribution in [1.29, 1.82) is 0 Å². The van der Waals surface area contributed by atoms with Crippen molar-refractivity contribution < 1.29 is 4.42 Å². The summed E-state index contributed by atoms with van der Waals surface area (Å²) in [5, 5.41) is 0. The molecule has 10 heavy (non-hydrogen) atoms. The topological polar surface area (TPSA) is 39.2 Å². The number of nitrogens with two attached hydrogens (primary N) is 1. The highest BCUT2D eigenvalue weighted by molar-refractivity contribution is 7.18. The van der Waals surface area contributed by atoms with E-state index in [4.69, 9.17) is 10.2 Å². The number of hydrogen-bond acceptors (Lipinski definition) is 3. The van der Waals surface area contributed by atoms with Crippen LogP contribution in [-0.4, -0.2) is 0 Å². The molecule has 2 aromatic heterocycles. The smallest absolute Gasteiger partial charge is 0.144 e. The number of rotatable bonds is 1. The van der Waals surface area contributed by atoms with Crippen LogP contribution >= 0.6 is 11.3 Å². The number of hydrogen-bond donors (Lipinski definition) is 1. The van der Waals surface area contributed by atoms with Gasteiger partial charge in [-0.3, -0.25) is 0 Å². The Labute approximate surface area is 62.3 Å². The van der Waals surface area contributed by atoms with Crippen LogP contribution in [0.5, 0.6) is 0 Å². The fourth-order valence-electron chi connectivity index (χ4n) is 0.916. The molecular weight excluding hydrogens is 146 g/mol. The van der Waals surface area contributed by atoms with E-state index in [1.165, 1.54) is 9.58 Å². The molecule has 3 heteroatoms. The average molecular weight is 153 g/mol. The first kappa shape index (κ1) is 5.95. The van der Waals surface area contributed by atoms with E-state index in [1.54, 1.807) is 17.6 Å². The molecule has 0 aliphatic rings. The van der Waals surface area contributed by atoms with Gasteiger partial charge in [-0.05, 0) is 12.1 Å². The van der Waals surface area contributed by atoms with Crippen LogP contribution in [-0.2, 0) is 6.54 Å². The van der Waals surface area contributed by atoms with E-state index in [0.29, 0.717) is 6.54 Å². The zero-order chi connectivity index (χ0) is 6.97. The summed E-state index contributed by atoms with van der Waals surface area (Å²) in [5.41, 5.74) is 6.39. The van der Waals surface area contributed by atoms with Crippen LogP contribution < -0.4 is 5.73 Å². The van der Waals surface area contributed by atoms with Gasteiger partial charge in [-0.2, -0.15) is 0 Å². The first-order chi connectivity index (χ1) is 4.90. The van der Waals surface area contributed by atoms with Crippen molar-refractivity contribution >= 4 is 21.6 Å². The summed E-state index contributed by atoms with van der Waals surface area (Å²) in [5.74, 6) is 0. The van der Waals surface area contributed by atoms with Crippen molar-refractivity contribution in [2.24, 2.45) is 5.73 Å². The maximum absolute atomic E-state index is 5.44. The summed E-state index contributed by atoms with van der Waals surface area (Å²) < 4.78 is 6.34. The largest absolute Gasteiger partial charge is 0.463 e. The Morgan fingerprint density at radius 1 is 1.60 bits per heavy atom. The van der Waals surface area contributed by atoms with E-state index in [1.807, 2.05) is 12.1 Å². The lowest BCUT2D eigenvalue weighted by atomic mass is 10.4. The number of fused-ring (bicyclic) bond motifs is 1.